The van der Waals surface area contributed by atoms with Crippen LogP contribution in [0.1, 0.15) is 25.8 Å². The minimum atomic E-state index is -4.40. The first-order chi connectivity index (χ1) is 12.6. The summed E-state index contributed by atoms with van der Waals surface area (Å²) in [6, 6.07) is 3.66. The monoisotopic (exact) mass is 387 g/mol. The zero-order valence-corrected chi connectivity index (χ0v) is 15.3. The topological polar surface area (TPSA) is 72.9 Å². The van der Waals surface area contributed by atoms with Crippen LogP contribution < -0.4 is 10.2 Å². The number of carboxylic acid groups (broad SMARTS) is 1. The summed E-state index contributed by atoms with van der Waals surface area (Å²) in [4.78, 5) is 26.8. The molecule has 1 saturated heterocycles. The first kappa shape index (κ1) is 20.9. The molecule has 150 valence electrons. The van der Waals surface area contributed by atoms with Crippen molar-refractivity contribution in [1.29, 1.82) is 0 Å². The second-order valence-electron chi connectivity index (χ2n) is 6.99. The van der Waals surface area contributed by atoms with Crippen LogP contribution in [-0.4, -0.2) is 54.2 Å². The number of nitrogens with one attached hydrogen (secondary N) is 1. The lowest BCUT2D eigenvalue weighted by atomic mass is 10.0. The normalized spacial score (nSPS) is 16.4. The summed E-state index contributed by atoms with van der Waals surface area (Å²) in [6.07, 6.45) is -4.08. The highest BCUT2D eigenvalue weighted by Crippen LogP contribution is 2.31. The van der Waals surface area contributed by atoms with Crippen molar-refractivity contribution in [2.24, 2.45) is 5.92 Å². The van der Waals surface area contributed by atoms with Crippen LogP contribution >= 0.6 is 0 Å². The van der Waals surface area contributed by atoms with E-state index in [0.717, 1.165) is 12.1 Å². The van der Waals surface area contributed by atoms with Crippen LogP contribution in [0.5, 0.6) is 0 Å². The van der Waals surface area contributed by atoms with Crippen molar-refractivity contribution in [3.63, 3.8) is 0 Å². The van der Waals surface area contributed by atoms with Gasteiger partial charge >= 0.3 is 18.2 Å². The first-order valence-corrected chi connectivity index (χ1v) is 8.78. The Labute approximate surface area is 155 Å². The van der Waals surface area contributed by atoms with E-state index >= 15 is 0 Å². The summed E-state index contributed by atoms with van der Waals surface area (Å²) in [5.41, 5.74) is -0.258. The van der Waals surface area contributed by atoms with Gasteiger partial charge in [0.05, 0.1) is 5.56 Å². The molecule has 1 fully saturated rings. The second-order valence-corrected chi connectivity index (χ2v) is 6.99. The molecule has 1 aliphatic rings. The predicted octanol–water partition coefficient (Wildman–Crippen LogP) is 3.04. The van der Waals surface area contributed by atoms with E-state index in [9.17, 15) is 27.9 Å². The molecule has 9 heteroatoms. The van der Waals surface area contributed by atoms with Gasteiger partial charge in [0.15, 0.2) is 0 Å². The molecule has 27 heavy (non-hydrogen) atoms. The lowest BCUT2D eigenvalue weighted by Crippen LogP contribution is -2.55. The van der Waals surface area contributed by atoms with E-state index < -0.39 is 29.8 Å². The Morgan fingerprint density at radius 3 is 2.33 bits per heavy atom. The Kier molecular flexibility index (Phi) is 6.56. The molecule has 0 saturated carbocycles. The van der Waals surface area contributed by atoms with E-state index in [0.29, 0.717) is 38.3 Å². The number of alkyl halides is 3. The molecule has 2 rings (SSSR count). The number of aliphatic carboxylic acids is 1. The number of carbonyl (C=O) groups is 2. The van der Waals surface area contributed by atoms with Gasteiger partial charge in [-0.15, -0.1) is 0 Å². The molecule has 0 bridgehead atoms. The third kappa shape index (κ3) is 5.77. The van der Waals surface area contributed by atoms with Gasteiger partial charge in [-0.25, -0.2) is 9.59 Å². The lowest BCUT2D eigenvalue weighted by molar-refractivity contribution is -0.140. The number of piperazine rings is 1. The maximum absolute atomic E-state index is 12.9. The highest BCUT2D eigenvalue weighted by Gasteiger charge is 2.31. The third-order valence-electron chi connectivity index (χ3n) is 4.41. The maximum atomic E-state index is 12.9. The molecule has 0 aliphatic carbocycles. The smallest absolute Gasteiger partial charge is 0.416 e. The number of halogens is 3. The number of nitrogens with zero attached hydrogens (tertiary/aromatic N) is 2. The van der Waals surface area contributed by atoms with E-state index in [1.165, 1.54) is 11.0 Å². The molecule has 0 radical (unpaired) electrons. The van der Waals surface area contributed by atoms with E-state index in [4.69, 9.17) is 0 Å². The number of amides is 2. The van der Waals surface area contributed by atoms with Crippen LogP contribution in [0.2, 0.25) is 0 Å². The SMILES string of the molecule is CC(C)CC(NC(=O)N1CCN(c2cccc(C(F)(F)F)c2)CC1)C(=O)O. The Balaban J connectivity index is 1.95. The highest BCUT2D eigenvalue weighted by molar-refractivity contribution is 5.82. The molecule has 1 heterocycles. The number of carbonyl (C=O) groups excluding carboxylic acids is 1. The van der Waals surface area contributed by atoms with E-state index in [1.807, 2.05) is 13.8 Å². The van der Waals surface area contributed by atoms with Crippen LogP contribution in [0.4, 0.5) is 23.7 Å². The molecular weight excluding hydrogens is 363 g/mol. The Hall–Kier alpha value is -2.45. The Bertz CT molecular complexity index is 671. The summed E-state index contributed by atoms with van der Waals surface area (Å²) < 4.78 is 38.6. The van der Waals surface area contributed by atoms with Crippen molar-refractivity contribution in [2.75, 3.05) is 31.1 Å². The van der Waals surface area contributed by atoms with Gasteiger partial charge in [0.2, 0.25) is 0 Å². The summed E-state index contributed by atoms with van der Waals surface area (Å²) in [6.45, 7) is 5.09. The number of carboxylic acids is 1. The fraction of sp³-hybridized carbons (Fsp3) is 0.556. The minimum absolute atomic E-state index is 0.115. The van der Waals surface area contributed by atoms with Crippen LogP contribution in [0.3, 0.4) is 0 Å². The summed E-state index contributed by atoms with van der Waals surface area (Å²) in [5, 5.41) is 11.7. The van der Waals surface area contributed by atoms with Gasteiger partial charge in [0, 0.05) is 31.9 Å². The van der Waals surface area contributed by atoms with Gasteiger partial charge in [-0.3, -0.25) is 0 Å². The molecule has 1 aromatic carbocycles. The van der Waals surface area contributed by atoms with Crippen molar-refractivity contribution >= 4 is 17.7 Å². The van der Waals surface area contributed by atoms with Crippen molar-refractivity contribution < 1.29 is 27.9 Å². The molecule has 0 spiro atoms. The van der Waals surface area contributed by atoms with Crippen LogP contribution in [0.15, 0.2) is 24.3 Å². The Morgan fingerprint density at radius 2 is 1.81 bits per heavy atom. The van der Waals surface area contributed by atoms with Crippen molar-refractivity contribution in [3.05, 3.63) is 29.8 Å². The van der Waals surface area contributed by atoms with Gasteiger partial charge in [0.25, 0.3) is 0 Å². The largest absolute Gasteiger partial charge is 0.480 e. The fourth-order valence-electron chi connectivity index (χ4n) is 2.98. The molecule has 2 N–H and O–H groups in total. The third-order valence-corrected chi connectivity index (χ3v) is 4.41. The lowest BCUT2D eigenvalue weighted by Gasteiger charge is -2.36. The number of rotatable bonds is 5. The first-order valence-electron chi connectivity index (χ1n) is 8.78. The van der Waals surface area contributed by atoms with E-state index in [-0.39, 0.29) is 5.92 Å². The summed E-state index contributed by atoms with van der Waals surface area (Å²) in [7, 11) is 0. The zero-order chi connectivity index (χ0) is 20.2. The second kappa shape index (κ2) is 8.49. The van der Waals surface area contributed by atoms with Gasteiger partial charge < -0.3 is 20.2 Å². The highest BCUT2D eigenvalue weighted by atomic mass is 19.4. The number of hydrogen-bond acceptors (Lipinski definition) is 3. The fourth-order valence-corrected chi connectivity index (χ4v) is 2.98. The van der Waals surface area contributed by atoms with Gasteiger partial charge in [-0.1, -0.05) is 19.9 Å². The summed E-state index contributed by atoms with van der Waals surface area (Å²) in [5.74, 6) is -0.969. The Morgan fingerprint density at radius 1 is 1.19 bits per heavy atom. The molecule has 1 atom stereocenters. The predicted molar refractivity (Wildman–Crippen MR) is 94.6 cm³/mol. The molecule has 0 aromatic heterocycles. The number of anilines is 1. The van der Waals surface area contributed by atoms with Gasteiger partial charge in [-0.05, 0) is 30.5 Å². The standard InChI is InChI=1S/C18H24F3N3O3/c1-12(2)10-15(16(25)26)22-17(27)24-8-6-23(7-9-24)14-5-3-4-13(11-14)18(19,20)21/h3-5,11-12,15H,6-10H2,1-2H3,(H,22,27)(H,25,26). The molecule has 1 aliphatic heterocycles. The quantitative estimate of drug-likeness (QED) is 0.815. The average molecular weight is 387 g/mol. The number of urea groups is 1. The van der Waals surface area contributed by atoms with Crippen molar-refractivity contribution in [1.82, 2.24) is 10.2 Å². The summed E-state index contributed by atoms with van der Waals surface area (Å²) >= 11 is 0. The van der Waals surface area contributed by atoms with Crippen LogP contribution in [0.25, 0.3) is 0 Å². The van der Waals surface area contributed by atoms with Crippen LogP contribution in [-0.2, 0) is 11.0 Å². The number of hydrogen-bond donors (Lipinski definition) is 2. The molecule has 1 unspecified atom stereocenters. The van der Waals surface area contributed by atoms with E-state index in [2.05, 4.69) is 5.32 Å². The molecule has 2 amide bonds. The van der Waals surface area contributed by atoms with Crippen LogP contribution in [0, 0.1) is 5.92 Å². The maximum Gasteiger partial charge on any atom is 0.416 e. The van der Waals surface area contributed by atoms with Gasteiger partial charge in [0.1, 0.15) is 6.04 Å². The molecular formula is C18H24F3N3O3. The van der Waals surface area contributed by atoms with E-state index in [1.54, 1.807) is 11.0 Å². The number of benzene rings is 1. The minimum Gasteiger partial charge on any atom is -0.480 e. The van der Waals surface area contributed by atoms with Gasteiger partial charge in [-0.2, -0.15) is 13.2 Å². The average Bonchev–Trinajstić information content (AvgIpc) is 2.60. The van der Waals surface area contributed by atoms with Crippen molar-refractivity contribution in [3.8, 4) is 0 Å². The molecule has 1 aromatic rings. The van der Waals surface area contributed by atoms with Crippen molar-refractivity contribution in [2.45, 2.75) is 32.5 Å². The zero-order valence-electron chi connectivity index (χ0n) is 15.3. The molecule has 6 nitrogen and oxygen atoms in total.